The van der Waals surface area contributed by atoms with Crippen LogP contribution in [-0.4, -0.2) is 10.2 Å². The second-order valence-corrected chi connectivity index (χ2v) is 3.62. The molecule has 1 aromatic rings. The quantitative estimate of drug-likeness (QED) is 0.512. The highest BCUT2D eigenvalue weighted by molar-refractivity contribution is 5.43. The average Bonchev–Trinajstić information content (AvgIpc) is 2.11. The fraction of sp³-hybridized carbons (Fsp3) is 0.571. The smallest absolute Gasteiger partial charge is 0.287 e. The highest BCUT2D eigenvalue weighted by Crippen LogP contribution is 2.22. The molecule has 0 radical (unpaired) electrons. The lowest BCUT2D eigenvalue weighted by Gasteiger charge is -2.16. The third-order valence-corrected chi connectivity index (χ3v) is 1.56. The van der Waals surface area contributed by atoms with Crippen LogP contribution in [0.25, 0.3) is 0 Å². The highest BCUT2D eigenvalue weighted by atomic mass is 16.1. The minimum atomic E-state index is -0.241. The Morgan fingerprint density at radius 3 is 2.00 bits per heavy atom. The minimum Gasteiger partial charge on any atom is -0.393 e. The molecule has 0 amide bonds. The molecular formula is C7H13N3O. The van der Waals surface area contributed by atoms with Gasteiger partial charge in [0.1, 0.15) is 5.69 Å². The van der Waals surface area contributed by atoms with Crippen LogP contribution in [0.4, 0.5) is 5.69 Å². The van der Waals surface area contributed by atoms with Crippen molar-refractivity contribution in [1.82, 2.24) is 10.2 Å². The molecule has 0 aliphatic rings. The molecule has 62 valence electrons. The van der Waals surface area contributed by atoms with E-state index in [1.54, 1.807) is 0 Å². The van der Waals surface area contributed by atoms with Crippen molar-refractivity contribution in [2.75, 3.05) is 5.73 Å². The van der Waals surface area contributed by atoms with E-state index in [4.69, 9.17) is 5.73 Å². The van der Waals surface area contributed by atoms with Gasteiger partial charge in [-0.1, -0.05) is 20.8 Å². The molecule has 0 unspecified atom stereocenters. The van der Waals surface area contributed by atoms with Crippen molar-refractivity contribution >= 4 is 5.69 Å². The number of nitrogens with one attached hydrogen (secondary N) is 2. The predicted octanol–water partition coefficient (Wildman–Crippen LogP) is 0.583. The Morgan fingerprint density at radius 1 is 1.27 bits per heavy atom. The first-order chi connectivity index (χ1) is 4.93. The second kappa shape index (κ2) is 2.15. The molecule has 0 aromatic carbocycles. The minimum absolute atomic E-state index is 0.108. The summed E-state index contributed by atoms with van der Waals surface area (Å²) in [6, 6.07) is 0. The Labute approximate surface area is 64.8 Å². The van der Waals surface area contributed by atoms with Gasteiger partial charge in [0.05, 0.1) is 5.69 Å². The molecule has 11 heavy (non-hydrogen) atoms. The fourth-order valence-electron chi connectivity index (χ4n) is 0.959. The topological polar surface area (TPSA) is 74.7 Å². The number of anilines is 1. The third kappa shape index (κ3) is 1.29. The van der Waals surface area contributed by atoms with Crippen molar-refractivity contribution in [1.29, 1.82) is 0 Å². The van der Waals surface area contributed by atoms with Crippen LogP contribution < -0.4 is 11.3 Å². The van der Waals surface area contributed by atoms with Crippen molar-refractivity contribution in [3.63, 3.8) is 0 Å². The Morgan fingerprint density at radius 2 is 1.82 bits per heavy atom. The van der Waals surface area contributed by atoms with Crippen LogP contribution in [0.1, 0.15) is 26.5 Å². The summed E-state index contributed by atoms with van der Waals surface area (Å²) < 4.78 is 0. The SMILES string of the molecule is CC(C)(C)c1[nH][nH]c(=O)c1N. The molecule has 4 nitrogen and oxygen atoms in total. The van der Waals surface area contributed by atoms with Crippen molar-refractivity contribution < 1.29 is 0 Å². The van der Waals surface area contributed by atoms with Crippen LogP contribution in [0.2, 0.25) is 0 Å². The maximum absolute atomic E-state index is 10.9. The Balaban J connectivity index is 3.26. The lowest BCUT2D eigenvalue weighted by Crippen LogP contribution is -2.15. The van der Waals surface area contributed by atoms with Gasteiger partial charge < -0.3 is 5.73 Å². The number of nitrogens with two attached hydrogens (primary N) is 1. The van der Waals surface area contributed by atoms with Crippen molar-refractivity contribution in [3.05, 3.63) is 16.0 Å². The van der Waals surface area contributed by atoms with E-state index in [0.717, 1.165) is 5.69 Å². The van der Waals surface area contributed by atoms with E-state index in [1.807, 2.05) is 20.8 Å². The first-order valence-electron chi connectivity index (χ1n) is 3.49. The zero-order valence-corrected chi connectivity index (χ0v) is 6.99. The molecular weight excluding hydrogens is 142 g/mol. The van der Waals surface area contributed by atoms with Crippen molar-refractivity contribution in [2.24, 2.45) is 0 Å². The summed E-state index contributed by atoms with van der Waals surface area (Å²) in [4.78, 5) is 10.9. The molecule has 0 fully saturated rings. The third-order valence-electron chi connectivity index (χ3n) is 1.56. The van der Waals surface area contributed by atoms with E-state index < -0.39 is 0 Å². The van der Waals surface area contributed by atoms with Gasteiger partial charge in [-0.25, -0.2) is 0 Å². The number of hydrogen-bond acceptors (Lipinski definition) is 2. The lowest BCUT2D eigenvalue weighted by atomic mass is 9.91. The zero-order chi connectivity index (χ0) is 8.65. The average molecular weight is 155 g/mol. The largest absolute Gasteiger partial charge is 0.393 e. The number of nitrogen functional groups attached to an aromatic ring is 1. The molecule has 0 atom stereocenters. The molecule has 4 heteroatoms. The van der Waals surface area contributed by atoms with E-state index in [9.17, 15) is 4.79 Å². The van der Waals surface area contributed by atoms with Crippen LogP contribution in [0.15, 0.2) is 4.79 Å². The number of rotatable bonds is 0. The normalized spacial score (nSPS) is 11.9. The van der Waals surface area contributed by atoms with E-state index in [0.29, 0.717) is 0 Å². The van der Waals surface area contributed by atoms with Crippen LogP contribution in [0.5, 0.6) is 0 Å². The molecule has 1 aromatic heterocycles. The molecule has 0 bridgehead atoms. The first-order valence-corrected chi connectivity index (χ1v) is 3.49. The standard InChI is InChI=1S/C7H13N3O/c1-7(2,3)5-4(8)6(11)10-9-5/h8H2,1-3H3,(H2,9,10,11). The van der Waals surface area contributed by atoms with E-state index in [-0.39, 0.29) is 16.7 Å². The predicted molar refractivity (Wildman–Crippen MR) is 44.5 cm³/mol. The number of aromatic nitrogens is 2. The van der Waals surface area contributed by atoms with Gasteiger partial charge in [-0.15, -0.1) is 0 Å². The number of H-pyrrole nitrogens is 2. The van der Waals surface area contributed by atoms with E-state index in [2.05, 4.69) is 10.2 Å². The van der Waals surface area contributed by atoms with Crippen LogP contribution in [0.3, 0.4) is 0 Å². The molecule has 4 N–H and O–H groups in total. The van der Waals surface area contributed by atoms with Crippen molar-refractivity contribution in [3.8, 4) is 0 Å². The van der Waals surface area contributed by atoms with Gasteiger partial charge in [0.25, 0.3) is 5.56 Å². The Hall–Kier alpha value is -1.19. The zero-order valence-electron chi connectivity index (χ0n) is 6.99. The summed E-state index contributed by atoms with van der Waals surface area (Å²) in [6.07, 6.45) is 0. The summed E-state index contributed by atoms with van der Waals surface area (Å²) in [5, 5.41) is 5.19. The number of aromatic amines is 2. The maximum Gasteiger partial charge on any atom is 0.287 e. The molecule has 1 rings (SSSR count). The van der Waals surface area contributed by atoms with Gasteiger partial charge in [-0.05, 0) is 0 Å². The Bertz CT molecular complexity index is 302. The van der Waals surface area contributed by atoms with E-state index in [1.165, 1.54) is 0 Å². The molecule has 0 saturated heterocycles. The highest BCUT2D eigenvalue weighted by Gasteiger charge is 2.20. The van der Waals surface area contributed by atoms with Gasteiger partial charge in [0, 0.05) is 5.41 Å². The molecule has 0 aliphatic heterocycles. The van der Waals surface area contributed by atoms with Crippen LogP contribution >= 0.6 is 0 Å². The second-order valence-electron chi connectivity index (χ2n) is 3.62. The summed E-state index contributed by atoms with van der Waals surface area (Å²) in [5.41, 5.74) is 6.22. The monoisotopic (exact) mass is 155 g/mol. The molecule has 0 aliphatic carbocycles. The summed E-state index contributed by atoms with van der Waals surface area (Å²) >= 11 is 0. The van der Waals surface area contributed by atoms with Gasteiger partial charge in [0.2, 0.25) is 0 Å². The van der Waals surface area contributed by atoms with Gasteiger partial charge in [-0.2, -0.15) is 0 Å². The number of hydrogen-bond donors (Lipinski definition) is 3. The van der Waals surface area contributed by atoms with Gasteiger partial charge in [0.15, 0.2) is 0 Å². The molecule has 0 spiro atoms. The Kier molecular flexibility index (Phi) is 1.55. The molecule has 0 saturated carbocycles. The fourth-order valence-corrected chi connectivity index (χ4v) is 0.959. The van der Waals surface area contributed by atoms with Crippen LogP contribution in [-0.2, 0) is 5.41 Å². The maximum atomic E-state index is 10.9. The van der Waals surface area contributed by atoms with Gasteiger partial charge in [-0.3, -0.25) is 15.0 Å². The summed E-state index contributed by atoms with van der Waals surface area (Å²) in [7, 11) is 0. The van der Waals surface area contributed by atoms with Crippen LogP contribution in [0, 0.1) is 0 Å². The lowest BCUT2D eigenvalue weighted by molar-refractivity contribution is 0.569. The van der Waals surface area contributed by atoms with Gasteiger partial charge >= 0.3 is 0 Å². The molecule has 1 heterocycles. The van der Waals surface area contributed by atoms with E-state index >= 15 is 0 Å². The van der Waals surface area contributed by atoms with Crippen molar-refractivity contribution in [2.45, 2.75) is 26.2 Å². The summed E-state index contributed by atoms with van der Waals surface area (Å²) in [5.74, 6) is 0. The summed E-state index contributed by atoms with van der Waals surface area (Å²) in [6.45, 7) is 5.97. The first kappa shape index (κ1) is 7.91.